The number of carbonyl (C=O) groups is 2. The van der Waals surface area contributed by atoms with E-state index in [1.807, 2.05) is 0 Å². The van der Waals surface area contributed by atoms with Crippen LogP contribution in [-0.4, -0.2) is 45.0 Å². The fourth-order valence-electron chi connectivity index (χ4n) is 2.60. The summed E-state index contributed by atoms with van der Waals surface area (Å²) in [6.07, 6.45) is 3.11. The molecule has 30 heavy (non-hydrogen) atoms. The first-order chi connectivity index (χ1) is 14.4. The van der Waals surface area contributed by atoms with Crippen molar-refractivity contribution in [2.45, 2.75) is 13.8 Å². The van der Waals surface area contributed by atoms with Crippen LogP contribution < -0.4 is 4.46 Å². The molecule has 9 heteroatoms. The number of nitro benzene ring substituents is 1. The predicted octanol–water partition coefficient (Wildman–Crippen LogP) is 2.93. The second-order valence-corrected chi connectivity index (χ2v) is 7.45. The number of nitrogens with zero attached hydrogens (tertiary/aromatic N) is 2. The molecular weight excluding hydrogens is 455 g/mol. The van der Waals surface area contributed by atoms with Crippen molar-refractivity contribution in [1.82, 2.24) is 0 Å². The summed E-state index contributed by atoms with van der Waals surface area (Å²) in [5, 5.41) is 20.7. The van der Waals surface area contributed by atoms with Gasteiger partial charge in [-0.2, -0.15) is 0 Å². The molecule has 0 bridgehead atoms. The van der Waals surface area contributed by atoms with E-state index in [-0.39, 0.29) is 30.0 Å². The molecule has 0 spiro atoms. The molecule has 0 amide bonds. The van der Waals surface area contributed by atoms with Crippen molar-refractivity contribution in [3.05, 3.63) is 68.8 Å². The van der Waals surface area contributed by atoms with E-state index in [9.17, 15) is 19.7 Å². The van der Waals surface area contributed by atoms with Crippen molar-refractivity contribution < 1.29 is 24.0 Å². The summed E-state index contributed by atoms with van der Waals surface area (Å²) in [6.45, 7) is 3.65. The van der Waals surface area contributed by atoms with Crippen molar-refractivity contribution in [2.75, 3.05) is 13.2 Å². The molecule has 0 N–H and O–H groups in total. The standard InChI is InChI=1S/C21H18N2O6Se/c1-3-28-20(24)16-11-9-14(18(12-16)30-13-22)8-10-15-6-5-7-17(19(15)23(26)27)21(25)29-4-2/h5-12H,3-4H2,1-2H3/b10-8+. The van der Waals surface area contributed by atoms with Gasteiger partial charge in [0.15, 0.2) is 0 Å². The summed E-state index contributed by atoms with van der Waals surface area (Å²) in [6, 6.07) is 9.19. The molecule has 0 aliphatic carbocycles. The predicted molar refractivity (Wildman–Crippen MR) is 111 cm³/mol. The molecule has 2 aromatic carbocycles. The van der Waals surface area contributed by atoms with Gasteiger partial charge in [-0.1, -0.05) is 0 Å². The number of nitro groups is 1. The van der Waals surface area contributed by atoms with E-state index in [4.69, 9.17) is 14.7 Å². The molecule has 0 unspecified atom stereocenters. The monoisotopic (exact) mass is 474 g/mol. The Morgan fingerprint density at radius 2 is 1.77 bits per heavy atom. The molecule has 0 aromatic heterocycles. The van der Waals surface area contributed by atoms with E-state index in [1.165, 1.54) is 24.3 Å². The molecule has 0 atom stereocenters. The fourth-order valence-corrected chi connectivity index (χ4v) is 3.73. The third-order valence-corrected chi connectivity index (χ3v) is 5.26. The first kappa shape index (κ1) is 22.8. The molecule has 0 saturated heterocycles. The van der Waals surface area contributed by atoms with E-state index in [1.54, 1.807) is 38.1 Å². The minimum absolute atomic E-state index is 0.0997. The summed E-state index contributed by atoms with van der Waals surface area (Å²) < 4.78 is 10.5. The maximum absolute atomic E-state index is 12.1. The van der Waals surface area contributed by atoms with Crippen LogP contribution in [0.4, 0.5) is 5.69 Å². The van der Waals surface area contributed by atoms with Crippen LogP contribution in [0.2, 0.25) is 0 Å². The number of hydrogen-bond acceptors (Lipinski definition) is 7. The topological polar surface area (TPSA) is 120 Å². The van der Waals surface area contributed by atoms with Crippen LogP contribution in [-0.2, 0) is 9.47 Å². The molecule has 0 aliphatic rings. The Balaban J connectivity index is 2.47. The van der Waals surface area contributed by atoms with Crippen molar-refractivity contribution in [2.24, 2.45) is 0 Å². The van der Waals surface area contributed by atoms with Gasteiger partial charge >= 0.3 is 179 Å². The van der Waals surface area contributed by atoms with Gasteiger partial charge in [-0.25, -0.2) is 0 Å². The van der Waals surface area contributed by atoms with E-state index in [2.05, 4.69) is 4.97 Å². The van der Waals surface area contributed by atoms with Crippen LogP contribution in [0.1, 0.15) is 45.7 Å². The van der Waals surface area contributed by atoms with Crippen LogP contribution >= 0.6 is 0 Å². The average molecular weight is 473 g/mol. The second kappa shape index (κ2) is 10.9. The van der Waals surface area contributed by atoms with Crippen LogP contribution in [0.3, 0.4) is 0 Å². The van der Waals surface area contributed by atoms with Crippen molar-refractivity contribution >= 4 is 49.2 Å². The number of hydrogen-bond donors (Lipinski definition) is 0. The molecule has 8 nitrogen and oxygen atoms in total. The zero-order chi connectivity index (χ0) is 22.1. The Hall–Kier alpha value is -3.47. The molecule has 2 aromatic rings. The summed E-state index contributed by atoms with van der Waals surface area (Å²) in [5.41, 5.74) is 0.693. The van der Waals surface area contributed by atoms with Crippen LogP contribution in [0.15, 0.2) is 36.4 Å². The van der Waals surface area contributed by atoms with Gasteiger partial charge in [-0.3, -0.25) is 0 Å². The van der Waals surface area contributed by atoms with Gasteiger partial charge in [0, 0.05) is 0 Å². The summed E-state index contributed by atoms with van der Waals surface area (Å²) >= 11 is -0.569. The van der Waals surface area contributed by atoms with Crippen molar-refractivity contribution in [1.29, 1.82) is 5.26 Å². The van der Waals surface area contributed by atoms with Crippen LogP contribution in [0, 0.1) is 20.3 Å². The number of nitriles is 1. The quantitative estimate of drug-likeness (QED) is 0.190. The fraction of sp³-hybridized carbons (Fsp3) is 0.190. The third kappa shape index (κ3) is 5.54. The second-order valence-electron chi connectivity index (χ2n) is 5.72. The molecule has 0 fully saturated rings. The summed E-state index contributed by atoms with van der Waals surface area (Å²) in [4.78, 5) is 37.0. The Labute approximate surface area is 179 Å². The normalized spacial score (nSPS) is 10.4. The minimum atomic E-state index is -0.772. The van der Waals surface area contributed by atoms with E-state index in [0.29, 0.717) is 15.6 Å². The first-order valence-corrected chi connectivity index (χ1v) is 10.6. The number of rotatable bonds is 8. The zero-order valence-corrected chi connectivity index (χ0v) is 18.0. The Morgan fingerprint density at radius 3 is 2.40 bits per heavy atom. The Bertz CT molecular complexity index is 1040. The molecule has 0 heterocycles. The van der Waals surface area contributed by atoms with Gasteiger partial charge in [-0.05, 0) is 0 Å². The van der Waals surface area contributed by atoms with Gasteiger partial charge in [0.25, 0.3) is 0 Å². The van der Waals surface area contributed by atoms with Gasteiger partial charge in [0.05, 0.1) is 0 Å². The molecule has 154 valence electrons. The summed E-state index contributed by atoms with van der Waals surface area (Å²) in [7, 11) is 0. The van der Waals surface area contributed by atoms with Gasteiger partial charge in [0.2, 0.25) is 0 Å². The van der Waals surface area contributed by atoms with E-state index < -0.39 is 31.8 Å². The Kier molecular flexibility index (Phi) is 8.29. The number of benzene rings is 2. The number of carbonyl (C=O) groups excluding carboxylic acids is 2. The molecule has 2 rings (SSSR count). The number of esters is 2. The Morgan fingerprint density at radius 1 is 1.10 bits per heavy atom. The molecule has 0 aliphatic heterocycles. The van der Waals surface area contributed by atoms with Crippen molar-refractivity contribution in [3.63, 3.8) is 0 Å². The third-order valence-electron chi connectivity index (χ3n) is 3.87. The molecule has 0 saturated carbocycles. The van der Waals surface area contributed by atoms with Crippen molar-refractivity contribution in [3.8, 4) is 4.97 Å². The number of ether oxygens (including phenoxy) is 2. The van der Waals surface area contributed by atoms with Gasteiger partial charge < -0.3 is 0 Å². The van der Waals surface area contributed by atoms with Crippen LogP contribution in [0.5, 0.6) is 0 Å². The zero-order valence-electron chi connectivity index (χ0n) is 16.3. The van der Waals surface area contributed by atoms with Gasteiger partial charge in [0.1, 0.15) is 0 Å². The van der Waals surface area contributed by atoms with E-state index in [0.717, 1.165) is 0 Å². The molecule has 0 radical (unpaired) electrons. The first-order valence-electron chi connectivity index (χ1n) is 8.92. The maximum atomic E-state index is 12.1. The SMILES string of the molecule is CCOC(=O)c1ccc(/C=C/c2cccc(C(=O)OCC)c2[N+](=O)[O-])c([Se]C#N)c1. The average Bonchev–Trinajstić information content (AvgIpc) is 2.72. The van der Waals surface area contributed by atoms with Crippen LogP contribution in [0.25, 0.3) is 12.2 Å². The number of para-hydroxylation sites is 1. The summed E-state index contributed by atoms with van der Waals surface area (Å²) in [5.74, 6) is -1.26. The van der Waals surface area contributed by atoms with Gasteiger partial charge in [-0.15, -0.1) is 0 Å². The van der Waals surface area contributed by atoms with E-state index >= 15 is 0 Å². The molecular formula is C21H18N2O6Se.